The van der Waals surface area contributed by atoms with Crippen LogP contribution >= 0.6 is 7.92 Å². The molecule has 0 radical (unpaired) electrons. The second kappa shape index (κ2) is 6.02. The first kappa shape index (κ1) is 17.4. The van der Waals surface area contributed by atoms with Crippen LogP contribution in [0, 0.1) is 0 Å². The van der Waals surface area contributed by atoms with Gasteiger partial charge in [0.2, 0.25) is 0 Å². The fourth-order valence-corrected chi connectivity index (χ4v) is 6.36. The third-order valence-corrected chi connectivity index (χ3v) is 7.10. The maximum atomic E-state index is 2.65. The summed E-state index contributed by atoms with van der Waals surface area (Å²) >= 11 is 0. The van der Waals surface area contributed by atoms with Crippen molar-refractivity contribution in [1.82, 2.24) is 4.90 Å². The average molecular weight is 259 g/mol. The van der Waals surface area contributed by atoms with Crippen LogP contribution in [0.1, 0.15) is 69.2 Å². The van der Waals surface area contributed by atoms with E-state index in [-0.39, 0.29) is 7.92 Å². The minimum atomic E-state index is -0.0211. The van der Waals surface area contributed by atoms with E-state index in [1.807, 2.05) is 0 Å². The van der Waals surface area contributed by atoms with Gasteiger partial charge in [0.05, 0.1) is 0 Å². The summed E-state index contributed by atoms with van der Waals surface area (Å²) in [6.07, 6.45) is 1.26. The molecule has 0 atom stereocenters. The first-order valence-corrected chi connectivity index (χ1v) is 8.43. The van der Waals surface area contributed by atoms with Gasteiger partial charge in [0, 0.05) is 18.4 Å². The summed E-state index contributed by atoms with van der Waals surface area (Å²) in [5, 5.41) is 0.852. The first-order chi connectivity index (χ1) is 7.37. The predicted octanol–water partition coefficient (Wildman–Crippen LogP) is 5.14. The Kier molecular flexibility index (Phi) is 6.16. The number of nitrogens with zero attached hydrogens (tertiary/aromatic N) is 1. The molecule has 2 heteroatoms. The van der Waals surface area contributed by atoms with E-state index < -0.39 is 0 Å². The van der Waals surface area contributed by atoms with Gasteiger partial charge < -0.3 is 0 Å². The Morgan fingerprint density at radius 2 is 1.06 bits per heavy atom. The van der Waals surface area contributed by atoms with E-state index in [2.05, 4.69) is 74.1 Å². The highest BCUT2D eigenvalue weighted by Crippen LogP contribution is 2.59. The molecule has 0 saturated heterocycles. The zero-order valence-corrected chi connectivity index (χ0v) is 14.7. The molecule has 0 aromatic heterocycles. The summed E-state index contributed by atoms with van der Waals surface area (Å²) in [4.78, 5) is 2.65. The van der Waals surface area contributed by atoms with E-state index in [0.29, 0.717) is 22.4 Å². The molecule has 0 aromatic rings. The maximum absolute atomic E-state index is 2.65. The zero-order chi connectivity index (χ0) is 14.0. The molecule has 0 unspecified atom stereocenters. The highest BCUT2D eigenvalue weighted by Gasteiger charge is 2.36. The normalized spacial score (nSPS) is 14.5. The fraction of sp³-hybridized carbons (Fsp3) is 1.00. The van der Waals surface area contributed by atoms with Crippen LogP contribution in [0.15, 0.2) is 0 Å². The van der Waals surface area contributed by atoms with Crippen molar-refractivity contribution in [2.75, 3.05) is 6.29 Å². The Bertz CT molecular complexity index is 198. The molecule has 0 spiro atoms. The lowest BCUT2D eigenvalue weighted by atomic mass is 10.2. The van der Waals surface area contributed by atoms with Gasteiger partial charge in [-0.3, -0.25) is 4.90 Å². The quantitative estimate of drug-likeness (QED) is 0.632. The summed E-state index contributed by atoms with van der Waals surface area (Å²) in [6, 6.07) is 1.29. The van der Waals surface area contributed by atoms with Crippen LogP contribution in [-0.4, -0.2) is 33.6 Å². The molecular formula is C15H34NP. The van der Waals surface area contributed by atoms with E-state index >= 15 is 0 Å². The van der Waals surface area contributed by atoms with Gasteiger partial charge in [-0.15, -0.1) is 0 Å². The lowest BCUT2D eigenvalue weighted by molar-refractivity contribution is 0.207. The molecule has 17 heavy (non-hydrogen) atoms. The van der Waals surface area contributed by atoms with Gasteiger partial charge in [-0.2, -0.15) is 0 Å². The van der Waals surface area contributed by atoms with Gasteiger partial charge in [-0.1, -0.05) is 49.5 Å². The third-order valence-electron chi connectivity index (χ3n) is 3.25. The molecule has 0 aliphatic rings. The molecule has 1 nitrogen and oxygen atoms in total. The lowest BCUT2D eigenvalue weighted by Gasteiger charge is -2.46. The van der Waals surface area contributed by atoms with Crippen molar-refractivity contribution < 1.29 is 0 Å². The number of hydrogen-bond donors (Lipinski definition) is 0. The Labute approximate surface area is 111 Å². The van der Waals surface area contributed by atoms with Crippen LogP contribution in [0.2, 0.25) is 0 Å². The molecule has 0 aromatic carbocycles. The van der Waals surface area contributed by atoms with Crippen molar-refractivity contribution in [3.63, 3.8) is 0 Å². The second-order valence-electron chi connectivity index (χ2n) is 7.61. The predicted molar refractivity (Wildman–Crippen MR) is 83.4 cm³/mol. The van der Waals surface area contributed by atoms with E-state index in [0.717, 1.165) is 0 Å². The van der Waals surface area contributed by atoms with Crippen LogP contribution in [0.5, 0.6) is 0 Å². The molecule has 0 amide bonds. The van der Waals surface area contributed by atoms with Crippen LogP contribution in [0.25, 0.3) is 0 Å². The molecule has 0 saturated carbocycles. The van der Waals surface area contributed by atoms with Crippen molar-refractivity contribution in [2.45, 2.75) is 91.6 Å². The van der Waals surface area contributed by atoms with Gasteiger partial charge in [0.1, 0.15) is 0 Å². The maximum Gasteiger partial charge on any atom is 0.0198 e. The standard InChI is InChI=1S/C15H34NP/c1-12(2)16(13(3)4)11-17(14(5,6)7)15(8,9)10/h12-13H,11H2,1-10H3. The van der Waals surface area contributed by atoms with Crippen LogP contribution < -0.4 is 0 Å². The molecule has 0 fully saturated rings. The molecule has 0 bridgehead atoms. The molecule has 0 aliphatic carbocycles. The highest BCUT2D eigenvalue weighted by molar-refractivity contribution is 7.60. The van der Waals surface area contributed by atoms with Gasteiger partial charge >= 0.3 is 0 Å². The molecule has 0 rings (SSSR count). The smallest absolute Gasteiger partial charge is 0.0198 e. The topological polar surface area (TPSA) is 3.24 Å². The second-order valence-corrected chi connectivity index (χ2v) is 11.4. The van der Waals surface area contributed by atoms with E-state index in [1.165, 1.54) is 6.29 Å². The summed E-state index contributed by atoms with van der Waals surface area (Å²) in [6.45, 7) is 23.7. The Morgan fingerprint density at radius 1 is 0.765 bits per heavy atom. The summed E-state index contributed by atoms with van der Waals surface area (Å²) < 4.78 is 0. The Hall–Kier alpha value is 0.390. The minimum absolute atomic E-state index is 0.0211. The largest absolute Gasteiger partial charge is 0.294 e. The van der Waals surface area contributed by atoms with Crippen LogP contribution in [-0.2, 0) is 0 Å². The molecule has 0 N–H and O–H groups in total. The molecule has 0 heterocycles. The average Bonchev–Trinajstić information content (AvgIpc) is 1.96. The SMILES string of the molecule is CC(C)N(CP(C(C)(C)C)C(C)(C)C)C(C)C. The van der Waals surface area contributed by atoms with E-state index in [1.54, 1.807) is 0 Å². The molecular weight excluding hydrogens is 225 g/mol. The Balaban J connectivity index is 4.99. The molecule has 0 aliphatic heterocycles. The van der Waals surface area contributed by atoms with Crippen molar-refractivity contribution in [1.29, 1.82) is 0 Å². The highest BCUT2D eigenvalue weighted by atomic mass is 31.1. The van der Waals surface area contributed by atoms with Crippen molar-refractivity contribution >= 4 is 7.92 Å². The zero-order valence-electron chi connectivity index (χ0n) is 13.8. The lowest BCUT2D eigenvalue weighted by Crippen LogP contribution is -2.41. The summed E-state index contributed by atoms with van der Waals surface area (Å²) in [7, 11) is -0.0211. The first-order valence-electron chi connectivity index (χ1n) is 6.91. The third kappa shape index (κ3) is 5.71. The monoisotopic (exact) mass is 259 g/mol. The van der Waals surface area contributed by atoms with Crippen molar-refractivity contribution in [3.05, 3.63) is 0 Å². The van der Waals surface area contributed by atoms with Crippen molar-refractivity contribution in [2.24, 2.45) is 0 Å². The van der Waals surface area contributed by atoms with E-state index in [9.17, 15) is 0 Å². The number of hydrogen-bond acceptors (Lipinski definition) is 1. The molecule has 104 valence electrons. The van der Waals surface area contributed by atoms with Gasteiger partial charge in [0.25, 0.3) is 0 Å². The minimum Gasteiger partial charge on any atom is -0.294 e. The number of rotatable bonds is 4. The van der Waals surface area contributed by atoms with Gasteiger partial charge in [0.15, 0.2) is 0 Å². The van der Waals surface area contributed by atoms with Crippen molar-refractivity contribution in [3.8, 4) is 0 Å². The van der Waals surface area contributed by atoms with E-state index in [4.69, 9.17) is 0 Å². The Morgan fingerprint density at radius 3 is 1.24 bits per heavy atom. The van der Waals surface area contributed by atoms with Crippen LogP contribution in [0.4, 0.5) is 0 Å². The van der Waals surface area contributed by atoms with Gasteiger partial charge in [-0.05, 0) is 38.0 Å². The summed E-state index contributed by atoms with van der Waals surface area (Å²) in [5.41, 5.74) is 0. The van der Waals surface area contributed by atoms with Crippen LogP contribution in [0.3, 0.4) is 0 Å². The summed E-state index contributed by atoms with van der Waals surface area (Å²) in [5.74, 6) is 0. The fourth-order valence-electron chi connectivity index (χ4n) is 2.52. The van der Waals surface area contributed by atoms with Gasteiger partial charge in [-0.25, -0.2) is 0 Å².